The number of oxazole rings is 2. The normalized spacial score (nSPS) is 22.8. The molecule has 0 saturated carbocycles. The minimum absolute atomic E-state index is 0.105. The van der Waals surface area contributed by atoms with Gasteiger partial charge in [-0.25, -0.2) is 9.97 Å². The highest BCUT2D eigenvalue weighted by atomic mass is 16.5. The van der Waals surface area contributed by atoms with Crippen LogP contribution in [-0.2, 0) is 21.4 Å². The monoisotopic (exact) mass is 638 g/mol. The number of fused-ring (bicyclic) bond motifs is 4. The zero-order chi connectivity index (χ0) is 33.2. The van der Waals surface area contributed by atoms with Crippen molar-refractivity contribution in [1.29, 1.82) is 0 Å². The number of rotatable bonds is 8. The highest BCUT2D eigenvalue weighted by Gasteiger charge is 2.61. The molecule has 11 nitrogen and oxygen atoms in total. The summed E-state index contributed by atoms with van der Waals surface area (Å²) < 4.78 is 19.2. The van der Waals surface area contributed by atoms with Crippen molar-refractivity contribution in [3.05, 3.63) is 82.8 Å². The van der Waals surface area contributed by atoms with Crippen LogP contribution in [0, 0.1) is 11.8 Å². The number of carbonyl (C=O) groups excluding carboxylic acids is 3. The maximum absolute atomic E-state index is 14.1. The standard InChI is InChI=1S/C36H38N4O7/c1-6-35(44,7-2)27(42)16-21-14-20-12-13-26-23(15-20)36(22-10-8-9-11-24(22)38-34(36)46-26)30-29(32-37-25(17-45-32)19(5)41)40-33(47-30)28(18(3)4)39-31(21)43/h8-13,15,17-18,21,28,34,38,44H,6-7,14,16H2,1-5H3,(H,39,43)/t21?,28-,34-,36?/m0/s1. The number of para-hydroxylation sites is 1. The molecule has 3 aliphatic heterocycles. The first-order chi connectivity index (χ1) is 22.5. The van der Waals surface area contributed by atoms with E-state index >= 15 is 0 Å². The summed E-state index contributed by atoms with van der Waals surface area (Å²) in [6, 6.07) is 13.0. The largest absolute Gasteiger partial charge is 0.469 e. The number of aliphatic hydroxyl groups is 1. The smallest absolute Gasteiger partial charge is 0.249 e. The summed E-state index contributed by atoms with van der Waals surface area (Å²) in [4.78, 5) is 49.2. The molecule has 2 aromatic carbocycles. The van der Waals surface area contributed by atoms with E-state index in [4.69, 9.17) is 18.6 Å². The fourth-order valence-electron chi connectivity index (χ4n) is 7.16. The van der Waals surface area contributed by atoms with Crippen LogP contribution in [0.15, 0.2) is 57.6 Å². The van der Waals surface area contributed by atoms with Crippen molar-refractivity contribution in [3.63, 3.8) is 0 Å². The second-order valence-electron chi connectivity index (χ2n) is 13.1. The van der Waals surface area contributed by atoms with Crippen LogP contribution < -0.4 is 15.4 Å². The first-order valence-electron chi connectivity index (χ1n) is 16.2. The van der Waals surface area contributed by atoms with Crippen LogP contribution in [0.1, 0.15) is 98.8 Å². The zero-order valence-electron chi connectivity index (χ0n) is 27.0. The molecule has 244 valence electrons. The molecular weight excluding hydrogens is 600 g/mol. The molecule has 3 N–H and O–H groups in total. The third-order valence-electron chi connectivity index (χ3n) is 10.0. The molecule has 2 unspecified atom stereocenters. The van der Waals surface area contributed by atoms with Crippen LogP contribution in [-0.4, -0.2) is 44.4 Å². The van der Waals surface area contributed by atoms with E-state index in [9.17, 15) is 19.5 Å². The number of hydrogen-bond donors (Lipinski definition) is 3. The molecule has 4 aromatic rings. The highest BCUT2D eigenvalue weighted by molar-refractivity contribution is 5.93. The number of nitrogens with zero attached hydrogens (tertiary/aromatic N) is 2. The van der Waals surface area contributed by atoms with Crippen molar-refractivity contribution in [2.24, 2.45) is 11.8 Å². The lowest BCUT2D eigenvalue weighted by Crippen LogP contribution is -2.43. The number of ether oxygens (including phenoxy) is 1. The third kappa shape index (κ3) is 4.70. The molecule has 3 aliphatic rings. The van der Waals surface area contributed by atoms with Crippen LogP contribution in [0.5, 0.6) is 5.75 Å². The molecule has 4 atom stereocenters. The quantitative estimate of drug-likeness (QED) is 0.210. The number of nitrogens with one attached hydrogen (secondary N) is 2. The second kappa shape index (κ2) is 11.2. The summed E-state index contributed by atoms with van der Waals surface area (Å²) in [5.41, 5.74) is 1.26. The minimum Gasteiger partial charge on any atom is -0.469 e. The van der Waals surface area contributed by atoms with Gasteiger partial charge in [0.1, 0.15) is 34.8 Å². The van der Waals surface area contributed by atoms with Gasteiger partial charge in [-0.1, -0.05) is 58.0 Å². The first kappa shape index (κ1) is 30.9. The fraction of sp³-hybridized carbons (Fsp3) is 0.417. The van der Waals surface area contributed by atoms with Gasteiger partial charge in [0.25, 0.3) is 0 Å². The zero-order valence-corrected chi connectivity index (χ0v) is 27.0. The van der Waals surface area contributed by atoms with Crippen molar-refractivity contribution < 1.29 is 33.1 Å². The van der Waals surface area contributed by atoms with Gasteiger partial charge in [0.15, 0.2) is 29.2 Å². The molecule has 11 heteroatoms. The summed E-state index contributed by atoms with van der Waals surface area (Å²) in [5, 5.41) is 17.7. The maximum atomic E-state index is 14.1. The van der Waals surface area contributed by atoms with Gasteiger partial charge in [-0.2, -0.15) is 0 Å². The summed E-state index contributed by atoms with van der Waals surface area (Å²) in [5.74, 6) is -0.544. The molecule has 0 radical (unpaired) electrons. The number of Topliss-reactive ketones (excluding diaryl/α,β-unsaturated/α-hetero) is 2. The molecular formula is C36H38N4O7. The molecule has 47 heavy (non-hydrogen) atoms. The van der Waals surface area contributed by atoms with E-state index in [-0.39, 0.29) is 66.6 Å². The number of amides is 1. The Morgan fingerprint density at radius 3 is 2.55 bits per heavy atom. The Bertz CT molecular complexity index is 1900. The van der Waals surface area contributed by atoms with Gasteiger partial charge in [0.2, 0.25) is 17.7 Å². The molecule has 1 spiro atoms. The number of hydrogen-bond acceptors (Lipinski definition) is 10. The van der Waals surface area contributed by atoms with Gasteiger partial charge in [-0.05, 0) is 48.4 Å². The molecule has 2 aromatic heterocycles. The fourth-order valence-corrected chi connectivity index (χ4v) is 7.16. The molecule has 5 heterocycles. The van der Waals surface area contributed by atoms with Crippen molar-refractivity contribution >= 4 is 23.2 Å². The van der Waals surface area contributed by atoms with E-state index < -0.39 is 29.2 Å². The Kier molecular flexibility index (Phi) is 7.35. The van der Waals surface area contributed by atoms with Gasteiger partial charge in [-0.15, -0.1) is 0 Å². The van der Waals surface area contributed by atoms with Crippen molar-refractivity contribution in [3.8, 4) is 17.3 Å². The lowest BCUT2D eigenvalue weighted by atomic mass is 9.72. The minimum atomic E-state index is -1.51. The Labute approximate surface area is 272 Å². The Balaban J connectivity index is 1.48. The molecule has 0 aliphatic carbocycles. The summed E-state index contributed by atoms with van der Waals surface area (Å²) in [7, 11) is 0. The number of anilines is 1. The van der Waals surface area contributed by atoms with Crippen LogP contribution in [0.25, 0.3) is 11.6 Å². The topological polar surface area (TPSA) is 157 Å². The third-order valence-corrected chi connectivity index (χ3v) is 10.0. The first-order valence-corrected chi connectivity index (χ1v) is 16.2. The molecule has 7 rings (SSSR count). The van der Waals surface area contributed by atoms with Crippen LogP contribution >= 0.6 is 0 Å². The van der Waals surface area contributed by atoms with Gasteiger partial charge >= 0.3 is 0 Å². The van der Waals surface area contributed by atoms with E-state index in [1.54, 1.807) is 13.8 Å². The van der Waals surface area contributed by atoms with Crippen LogP contribution in [0.3, 0.4) is 0 Å². The van der Waals surface area contributed by atoms with Gasteiger partial charge in [-0.3, -0.25) is 14.4 Å². The maximum Gasteiger partial charge on any atom is 0.249 e. The summed E-state index contributed by atoms with van der Waals surface area (Å²) >= 11 is 0. The van der Waals surface area contributed by atoms with Crippen molar-refractivity contribution in [1.82, 2.24) is 15.3 Å². The predicted octanol–water partition coefficient (Wildman–Crippen LogP) is 5.51. The molecule has 1 amide bonds. The second-order valence-corrected chi connectivity index (χ2v) is 13.1. The Morgan fingerprint density at radius 2 is 1.85 bits per heavy atom. The Morgan fingerprint density at radius 1 is 1.09 bits per heavy atom. The summed E-state index contributed by atoms with van der Waals surface area (Å²) in [6.07, 6.45) is 1.32. The number of benzene rings is 2. The van der Waals surface area contributed by atoms with Crippen molar-refractivity contribution in [2.45, 2.75) is 83.6 Å². The summed E-state index contributed by atoms with van der Waals surface area (Å²) in [6.45, 7) is 8.84. The van der Waals surface area contributed by atoms with E-state index in [0.717, 1.165) is 22.4 Å². The lowest BCUT2D eigenvalue weighted by Gasteiger charge is -2.29. The van der Waals surface area contributed by atoms with Gasteiger partial charge < -0.3 is 29.3 Å². The average Bonchev–Trinajstić information content (AvgIpc) is 3.83. The molecule has 0 saturated heterocycles. The number of carbonyl (C=O) groups is 3. The van der Waals surface area contributed by atoms with Gasteiger partial charge in [0.05, 0.1) is 0 Å². The highest BCUT2D eigenvalue weighted by Crippen LogP contribution is 2.59. The SMILES string of the molecule is CCC(O)(CC)C(=O)CC1Cc2ccc3c(c2)C2(c4ccccc4N[C@H]2O3)c2oc(nc2-c2nc(C(C)=O)co2)[C@H](C(C)C)NC1=O. The van der Waals surface area contributed by atoms with Crippen molar-refractivity contribution in [2.75, 3.05) is 5.32 Å². The van der Waals surface area contributed by atoms with E-state index in [2.05, 4.69) is 15.6 Å². The average molecular weight is 639 g/mol. The predicted molar refractivity (Wildman–Crippen MR) is 171 cm³/mol. The van der Waals surface area contributed by atoms with E-state index in [1.807, 2.05) is 56.3 Å². The Hall–Kier alpha value is -4.77. The lowest BCUT2D eigenvalue weighted by molar-refractivity contribution is -0.141. The number of aromatic nitrogens is 2. The van der Waals surface area contributed by atoms with Crippen LogP contribution in [0.2, 0.25) is 0 Å². The van der Waals surface area contributed by atoms with Crippen LogP contribution in [0.4, 0.5) is 5.69 Å². The van der Waals surface area contributed by atoms with Gasteiger partial charge in [0, 0.05) is 30.5 Å². The van der Waals surface area contributed by atoms with E-state index in [1.165, 1.54) is 13.2 Å². The molecule has 4 bridgehead atoms. The molecule has 0 fully saturated rings. The van der Waals surface area contributed by atoms with E-state index in [0.29, 0.717) is 17.2 Å². The number of ketones is 2.